The number of nitriles is 1. The first kappa shape index (κ1) is 12.1. The van der Waals surface area contributed by atoms with E-state index in [1.807, 2.05) is 13.0 Å². The Labute approximate surface area is 101 Å². The van der Waals surface area contributed by atoms with Gasteiger partial charge in [-0.15, -0.1) is 0 Å². The lowest BCUT2D eigenvalue weighted by Gasteiger charge is -2.22. The van der Waals surface area contributed by atoms with E-state index < -0.39 is 0 Å². The summed E-state index contributed by atoms with van der Waals surface area (Å²) in [6.07, 6.45) is 3.05. The standard InChI is InChI=1S/C14H17FN2/c1-10(12-6-2-3-7-13(12)15)17-14-8-4-5-11(14)9-16/h2-3,6-7,10-11,14,17H,4-5,8H2,1H3/t10-,11?,14?/m1/s1. The van der Waals surface area contributed by atoms with Crippen LogP contribution in [0.4, 0.5) is 4.39 Å². The number of rotatable bonds is 3. The fourth-order valence-corrected chi connectivity index (χ4v) is 2.55. The fourth-order valence-electron chi connectivity index (χ4n) is 2.55. The van der Waals surface area contributed by atoms with E-state index in [2.05, 4.69) is 11.4 Å². The highest BCUT2D eigenvalue weighted by molar-refractivity contribution is 5.21. The molecular weight excluding hydrogens is 215 g/mol. The Kier molecular flexibility index (Phi) is 3.75. The molecule has 0 bridgehead atoms. The molecule has 3 atom stereocenters. The molecule has 1 fully saturated rings. The van der Waals surface area contributed by atoms with Gasteiger partial charge in [0.25, 0.3) is 0 Å². The van der Waals surface area contributed by atoms with Gasteiger partial charge < -0.3 is 5.32 Å². The molecule has 0 radical (unpaired) electrons. The lowest BCUT2D eigenvalue weighted by Crippen LogP contribution is -2.34. The topological polar surface area (TPSA) is 35.8 Å². The molecule has 0 heterocycles. The van der Waals surface area contributed by atoms with Gasteiger partial charge in [0.1, 0.15) is 5.82 Å². The highest BCUT2D eigenvalue weighted by atomic mass is 19.1. The number of benzene rings is 1. The van der Waals surface area contributed by atoms with Gasteiger partial charge in [-0.25, -0.2) is 4.39 Å². The molecule has 3 heteroatoms. The van der Waals surface area contributed by atoms with Gasteiger partial charge >= 0.3 is 0 Å². The van der Waals surface area contributed by atoms with E-state index in [4.69, 9.17) is 5.26 Å². The van der Waals surface area contributed by atoms with E-state index in [0.29, 0.717) is 5.56 Å². The molecule has 0 aromatic heterocycles. The van der Waals surface area contributed by atoms with Crippen LogP contribution in [0.15, 0.2) is 24.3 Å². The molecule has 1 aliphatic rings. The van der Waals surface area contributed by atoms with Gasteiger partial charge in [-0.2, -0.15) is 5.26 Å². The average molecular weight is 232 g/mol. The average Bonchev–Trinajstić information content (AvgIpc) is 2.76. The third kappa shape index (κ3) is 2.65. The van der Waals surface area contributed by atoms with Gasteiger partial charge in [0, 0.05) is 17.6 Å². The van der Waals surface area contributed by atoms with Gasteiger partial charge in [0.2, 0.25) is 0 Å². The van der Waals surface area contributed by atoms with Crippen LogP contribution in [0.1, 0.15) is 37.8 Å². The highest BCUT2D eigenvalue weighted by Crippen LogP contribution is 2.27. The molecule has 0 aliphatic heterocycles. The van der Waals surface area contributed by atoms with Crippen molar-refractivity contribution < 1.29 is 4.39 Å². The molecular formula is C14H17FN2. The molecule has 1 aromatic rings. The van der Waals surface area contributed by atoms with Crippen LogP contribution in [0.2, 0.25) is 0 Å². The Morgan fingerprint density at radius 3 is 2.88 bits per heavy atom. The highest BCUT2D eigenvalue weighted by Gasteiger charge is 2.28. The molecule has 1 N–H and O–H groups in total. The van der Waals surface area contributed by atoms with E-state index in [-0.39, 0.29) is 23.8 Å². The number of halogens is 1. The first-order valence-electron chi connectivity index (χ1n) is 6.12. The second kappa shape index (κ2) is 5.29. The summed E-state index contributed by atoms with van der Waals surface area (Å²) in [6.45, 7) is 1.95. The Morgan fingerprint density at radius 2 is 2.18 bits per heavy atom. The van der Waals surface area contributed by atoms with Crippen LogP contribution in [-0.2, 0) is 0 Å². The van der Waals surface area contributed by atoms with Crippen LogP contribution in [-0.4, -0.2) is 6.04 Å². The molecule has 90 valence electrons. The Hall–Kier alpha value is -1.40. The van der Waals surface area contributed by atoms with E-state index in [9.17, 15) is 4.39 Å². The molecule has 2 nitrogen and oxygen atoms in total. The molecule has 0 saturated heterocycles. The van der Waals surface area contributed by atoms with Crippen molar-refractivity contribution in [1.82, 2.24) is 5.32 Å². The first-order chi connectivity index (χ1) is 8.22. The Bertz CT molecular complexity index is 424. The molecule has 0 spiro atoms. The summed E-state index contributed by atoms with van der Waals surface area (Å²) in [7, 11) is 0. The maximum absolute atomic E-state index is 13.6. The number of nitrogens with one attached hydrogen (secondary N) is 1. The quantitative estimate of drug-likeness (QED) is 0.868. The number of hydrogen-bond donors (Lipinski definition) is 1. The molecule has 2 rings (SSSR count). The van der Waals surface area contributed by atoms with Gasteiger partial charge in [0.15, 0.2) is 0 Å². The van der Waals surface area contributed by atoms with Gasteiger partial charge in [-0.05, 0) is 25.8 Å². The number of hydrogen-bond acceptors (Lipinski definition) is 2. The SMILES string of the molecule is C[C@@H](NC1CCCC1C#N)c1ccccc1F. The van der Waals surface area contributed by atoms with Crippen LogP contribution in [0, 0.1) is 23.1 Å². The van der Waals surface area contributed by atoms with Crippen LogP contribution < -0.4 is 5.32 Å². The van der Waals surface area contributed by atoms with Crippen LogP contribution in [0.5, 0.6) is 0 Å². The van der Waals surface area contributed by atoms with Crippen molar-refractivity contribution in [1.29, 1.82) is 5.26 Å². The first-order valence-corrected chi connectivity index (χ1v) is 6.12. The summed E-state index contributed by atoms with van der Waals surface area (Å²) in [5, 5.41) is 12.4. The van der Waals surface area contributed by atoms with Gasteiger partial charge in [-0.1, -0.05) is 24.6 Å². The van der Waals surface area contributed by atoms with Crippen LogP contribution in [0.3, 0.4) is 0 Å². The van der Waals surface area contributed by atoms with Crippen molar-refractivity contribution in [3.05, 3.63) is 35.6 Å². The zero-order valence-corrected chi connectivity index (χ0v) is 9.99. The fraction of sp³-hybridized carbons (Fsp3) is 0.500. The Morgan fingerprint density at radius 1 is 1.41 bits per heavy atom. The predicted octanol–water partition coefficient (Wildman–Crippen LogP) is 3.17. The second-order valence-corrected chi connectivity index (χ2v) is 4.68. The van der Waals surface area contributed by atoms with E-state index in [1.54, 1.807) is 12.1 Å². The summed E-state index contributed by atoms with van der Waals surface area (Å²) in [6, 6.07) is 9.29. The van der Waals surface area contributed by atoms with Crippen molar-refractivity contribution >= 4 is 0 Å². The predicted molar refractivity (Wildman–Crippen MR) is 64.7 cm³/mol. The Balaban J connectivity index is 2.05. The second-order valence-electron chi connectivity index (χ2n) is 4.68. The van der Waals surface area contributed by atoms with E-state index in [1.165, 1.54) is 6.07 Å². The third-order valence-corrected chi connectivity index (χ3v) is 3.52. The van der Waals surface area contributed by atoms with Crippen LogP contribution in [0.25, 0.3) is 0 Å². The van der Waals surface area contributed by atoms with Crippen molar-refractivity contribution in [2.75, 3.05) is 0 Å². The van der Waals surface area contributed by atoms with E-state index >= 15 is 0 Å². The van der Waals surface area contributed by atoms with Crippen molar-refractivity contribution in [3.8, 4) is 6.07 Å². The third-order valence-electron chi connectivity index (χ3n) is 3.52. The van der Waals surface area contributed by atoms with Gasteiger partial charge in [-0.3, -0.25) is 0 Å². The summed E-state index contributed by atoms with van der Waals surface area (Å²) in [5.41, 5.74) is 0.677. The lowest BCUT2D eigenvalue weighted by molar-refractivity contribution is 0.409. The van der Waals surface area contributed by atoms with Gasteiger partial charge in [0.05, 0.1) is 12.0 Å². The van der Waals surface area contributed by atoms with Crippen molar-refractivity contribution in [3.63, 3.8) is 0 Å². The smallest absolute Gasteiger partial charge is 0.127 e. The normalized spacial score (nSPS) is 25.5. The minimum Gasteiger partial charge on any atom is -0.306 e. The lowest BCUT2D eigenvalue weighted by atomic mass is 10.0. The summed E-state index contributed by atoms with van der Waals surface area (Å²) < 4.78 is 13.6. The minimum atomic E-state index is -0.181. The molecule has 2 unspecified atom stereocenters. The summed E-state index contributed by atoms with van der Waals surface area (Å²) >= 11 is 0. The largest absolute Gasteiger partial charge is 0.306 e. The van der Waals surface area contributed by atoms with E-state index in [0.717, 1.165) is 19.3 Å². The molecule has 1 aliphatic carbocycles. The van der Waals surface area contributed by atoms with Crippen molar-refractivity contribution in [2.24, 2.45) is 5.92 Å². The molecule has 17 heavy (non-hydrogen) atoms. The molecule has 1 aromatic carbocycles. The maximum Gasteiger partial charge on any atom is 0.127 e. The summed E-state index contributed by atoms with van der Waals surface area (Å²) in [4.78, 5) is 0. The monoisotopic (exact) mass is 232 g/mol. The minimum absolute atomic E-state index is 0.0462. The summed E-state index contributed by atoms with van der Waals surface area (Å²) in [5.74, 6) is -0.108. The molecule has 0 amide bonds. The van der Waals surface area contributed by atoms with Crippen molar-refractivity contribution in [2.45, 2.75) is 38.3 Å². The van der Waals surface area contributed by atoms with Crippen LogP contribution >= 0.6 is 0 Å². The number of nitrogens with zero attached hydrogens (tertiary/aromatic N) is 1. The maximum atomic E-state index is 13.6. The molecule has 1 saturated carbocycles. The zero-order valence-electron chi connectivity index (χ0n) is 9.99. The zero-order chi connectivity index (χ0) is 12.3.